The fourth-order valence-electron chi connectivity index (χ4n) is 3.15. The summed E-state index contributed by atoms with van der Waals surface area (Å²) >= 11 is 0. The van der Waals surface area contributed by atoms with Crippen LogP contribution in [-0.2, 0) is 24.4 Å². The molecule has 2 aromatic rings. The second-order valence-corrected chi connectivity index (χ2v) is 6.36. The summed E-state index contributed by atoms with van der Waals surface area (Å²) < 4.78 is 20.7. The molecule has 0 radical (unpaired) electrons. The van der Waals surface area contributed by atoms with Crippen LogP contribution >= 0.6 is 0 Å². The van der Waals surface area contributed by atoms with Gasteiger partial charge in [-0.3, -0.25) is 4.99 Å². The van der Waals surface area contributed by atoms with E-state index in [0.29, 0.717) is 18.1 Å². The Kier molecular flexibility index (Phi) is 5.82. The van der Waals surface area contributed by atoms with E-state index in [4.69, 9.17) is 4.74 Å². The molecule has 7 nitrogen and oxygen atoms in total. The predicted octanol–water partition coefficient (Wildman–Crippen LogP) is 2.07. The average Bonchev–Trinajstić information content (AvgIpc) is 3.02. The van der Waals surface area contributed by atoms with Gasteiger partial charge in [0.2, 0.25) is 0 Å². The molecule has 0 spiro atoms. The first-order chi connectivity index (χ1) is 12.6. The quantitative estimate of drug-likeness (QED) is 0.631. The molecule has 2 N–H and O–H groups in total. The van der Waals surface area contributed by atoms with Gasteiger partial charge in [-0.1, -0.05) is 6.07 Å². The normalized spacial score (nSPS) is 17.1. The van der Waals surface area contributed by atoms with Crippen LogP contribution in [0, 0.1) is 12.7 Å². The first kappa shape index (κ1) is 18.3. The number of halogens is 1. The molecule has 0 saturated heterocycles. The second-order valence-electron chi connectivity index (χ2n) is 6.36. The van der Waals surface area contributed by atoms with Gasteiger partial charge in [0, 0.05) is 32.8 Å². The number of aromatic nitrogens is 3. The van der Waals surface area contributed by atoms with Crippen molar-refractivity contribution >= 4 is 5.96 Å². The van der Waals surface area contributed by atoms with Crippen LogP contribution in [0.4, 0.5) is 4.39 Å². The summed E-state index contributed by atoms with van der Waals surface area (Å²) in [6.07, 6.45) is 2.02. The van der Waals surface area contributed by atoms with E-state index in [1.165, 1.54) is 6.07 Å². The van der Waals surface area contributed by atoms with Gasteiger partial charge in [-0.25, -0.2) is 14.1 Å². The van der Waals surface area contributed by atoms with E-state index in [2.05, 4.69) is 25.7 Å². The Morgan fingerprint density at radius 1 is 1.46 bits per heavy atom. The molecular formula is C18H25FN6O. The fraction of sp³-hybridized carbons (Fsp3) is 0.500. The number of aryl methyl sites for hydroxylation is 2. The van der Waals surface area contributed by atoms with Crippen LogP contribution in [0.3, 0.4) is 0 Å². The number of fused-ring (bicyclic) bond motifs is 1. The lowest BCUT2D eigenvalue weighted by atomic mass is 10.1. The van der Waals surface area contributed by atoms with Gasteiger partial charge in [0.05, 0.1) is 12.6 Å². The molecule has 0 fully saturated rings. The minimum atomic E-state index is -0.255. The summed E-state index contributed by atoms with van der Waals surface area (Å²) in [5.41, 5.74) is 1.51. The number of methoxy groups -OCH3 is 1. The first-order valence-corrected chi connectivity index (χ1v) is 8.75. The molecule has 140 valence electrons. The maximum atomic E-state index is 13.7. The van der Waals surface area contributed by atoms with Crippen molar-refractivity contribution in [2.24, 2.45) is 4.99 Å². The first-order valence-electron chi connectivity index (χ1n) is 8.75. The molecule has 1 aromatic carbocycles. The van der Waals surface area contributed by atoms with Crippen molar-refractivity contribution in [2.75, 3.05) is 14.2 Å². The number of guanidine groups is 1. The highest BCUT2D eigenvalue weighted by Crippen LogP contribution is 2.22. The van der Waals surface area contributed by atoms with E-state index in [0.717, 1.165) is 36.6 Å². The third kappa shape index (κ3) is 4.19. The summed E-state index contributed by atoms with van der Waals surface area (Å²) in [6.45, 7) is 3.60. The molecule has 8 heteroatoms. The van der Waals surface area contributed by atoms with Crippen LogP contribution in [0.2, 0.25) is 0 Å². The molecule has 0 bridgehead atoms. The van der Waals surface area contributed by atoms with E-state index in [-0.39, 0.29) is 18.5 Å². The topological polar surface area (TPSA) is 76.4 Å². The van der Waals surface area contributed by atoms with Crippen LogP contribution in [-0.4, -0.2) is 34.9 Å². The molecule has 0 amide bonds. The Morgan fingerprint density at radius 3 is 3.08 bits per heavy atom. The standard InChI is InChI=1S/C18H25FN6O/c1-12-22-17-16(5-4-8-25(17)24-12)23-18(20-2)21-10-13-6-7-15(19)14(9-13)11-26-3/h6-7,9,16H,4-5,8,10-11H2,1-3H3,(H2,20,21,23). The van der Waals surface area contributed by atoms with E-state index in [9.17, 15) is 4.39 Å². The smallest absolute Gasteiger partial charge is 0.191 e. The highest BCUT2D eigenvalue weighted by Gasteiger charge is 2.24. The minimum Gasteiger partial charge on any atom is -0.380 e. The Balaban J connectivity index is 1.63. The van der Waals surface area contributed by atoms with Crippen molar-refractivity contribution in [3.8, 4) is 0 Å². The van der Waals surface area contributed by atoms with Crippen LogP contribution in [0.5, 0.6) is 0 Å². The van der Waals surface area contributed by atoms with Crippen LogP contribution < -0.4 is 10.6 Å². The Bertz CT molecular complexity index is 788. The summed E-state index contributed by atoms with van der Waals surface area (Å²) in [4.78, 5) is 8.82. The number of nitrogens with zero attached hydrogens (tertiary/aromatic N) is 4. The van der Waals surface area contributed by atoms with E-state index in [1.54, 1.807) is 26.3 Å². The van der Waals surface area contributed by atoms with Crippen molar-refractivity contribution in [3.05, 3.63) is 46.8 Å². The van der Waals surface area contributed by atoms with Crippen molar-refractivity contribution < 1.29 is 9.13 Å². The van der Waals surface area contributed by atoms with Crippen molar-refractivity contribution in [1.82, 2.24) is 25.4 Å². The van der Waals surface area contributed by atoms with Gasteiger partial charge in [0.1, 0.15) is 17.5 Å². The Morgan fingerprint density at radius 2 is 2.31 bits per heavy atom. The molecule has 26 heavy (non-hydrogen) atoms. The summed E-state index contributed by atoms with van der Waals surface area (Å²) in [5.74, 6) is 2.16. The monoisotopic (exact) mass is 360 g/mol. The number of hydrogen-bond donors (Lipinski definition) is 2. The molecule has 1 atom stereocenters. The Labute approximate surface area is 152 Å². The van der Waals surface area contributed by atoms with Crippen molar-refractivity contribution in [3.63, 3.8) is 0 Å². The fourth-order valence-corrected chi connectivity index (χ4v) is 3.15. The van der Waals surface area contributed by atoms with Crippen LogP contribution in [0.25, 0.3) is 0 Å². The second kappa shape index (κ2) is 8.27. The molecule has 3 rings (SSSR count). The molecular weight excluding hydrogens is 335 g/mol. The average molecular weight is 360 g/mol. The number of hydrogen-bond acceptors (Lipinski definition) is 4. The molecule has 1 aliphatic heterocycles. The van der Waals surface area contributed by atoms with Gasteiger partial charge < -0.3 is 15.4 Å². The van der Waals surface area contributed by atoms with Gasteiger partial charge in [-0.2, -0.15) is 5.10 Å². The van der Waals surface area contributed by atoms with E-state index in [1.807, 2.05) is 11.6 Å². The predicted molar refractivity (Wildman–Crippen MR) is 97.2 cm³/mol. The summed E-state index contributed by atoms with van der Waals surface area (Å²) in [5, 5.41) is 11.1. The third-order valence-electron chi connectivity index (χ3n) is 4.39. The van der Waals surface area contributed by atoms with E-state index < -0.39 is 0 Å². The van der Waals surface area contributed by atoms with Crippen LogP contribution in [0.1, 0.15) is 41.7 Å². The minimum absolute atomic E-state index is 0.0772. The van der Waals surface area contributed by atoms with Gasteiger partial charge >= 0.3 is 0 Å². The van der Waals surface area contributed by atoms with Gasteiger partial charge in [0.15, 0.2) is 5.96 Å². The summed E-state index contributed by atoms with van der Waals surface area (Å²) in [7, 11) is 3.29. The largest absolute Gasteiger partial charge is 0.380 e. The molecule has 1 aromatic heterocycles. The highest BCUT2D eigenvalue weighted by atomic mass is 19.1. The lowest BCUT2D eigenvalue weighted by Crippen LogP contribution is -2.41. The lowest BCUT2D eigenvalue weighted by molar-refractivity contribution is 0.181. The third-order valence-corrected chi connectivity index (χ3v) is 4.39. The number of nitrogens with one attached hydrogen (secondary N) is 2. The zero-order valence-corrected chi connectivity index (χ0v) is 15.4. The maximum absolute atomic E-state index is 13.7. The highest BCUT2D eigenvalue weighted by molar-refractivity contribution is 5.80. The van der Waals surface area contributed by atoms with E-state index >= 15 is 0 Å². The zero-order chi connectivity index (χ0) is 18.5. The number of benzene rings is 1. The zero-order valence-electron chi connectivity index (χ0n) is 15.4. The number of ether oxygens (including phenoxy) is 1. The number of rotatable bonds is 5. The van der Waals surface area contributed by atoms with Crippen LogP contribution in [0.15, 0.2) is 23.2 Å². The molecule has 0 saturated carbocycles. The molecule has 1 unspecified atom stereocenters. The SMILES string of the molecule is CN=C(NCc1ccc(F)c(COC)c1)NC1CCCn2nc(C)nc21. The molecule has 1 aliphatic rings. The van der Waals surface area contributed by atoms with Gasteiger partial charge in [-0.15, -0.1) is 0 Å². The van der Waals surface area contributed by atoms with Crippen molar-refractivity contribution in [2.45, 2.75) is 45.5 Å². The van der Waals surface area contributed by atoms with Gasteiger partial charge in [0.25, 0.3) is 0 Å². The maximum Gasteiger partial charge on any atom is 0.191 e. The van der Waals surface area contributed by atoms with Crippen molar-refractivity contribution in [1.29, 1.82) is 0 Å². The number of aliphatic imine (C=N–C) groups is 1. The van der Waals surface area contributed by atoms with Gasteiger partial charge in [-0.05, 0) is 37.5 Å². The summed E-state index contributed by atoms with van der Waals surface area (Å²) in [6, 6.07) is 5.11. The lowest BCUT2D eigenvalue weighted by Gasteiger charge is -2.25. The Hall–Kier alpha value is -2.48. The molecule has 2 heterocycles. The molecule has 0 aliphatic carbocycles.